The largest absolute Gasteiger partial charge is 0.478 e. The van der Waals surface area contributed by atoms with Gasteiger partial charge in [0.15, 0.2) is 0 Å². The van der Waals surface area contributed by atoms with Crippen molar-refractivity contribution >= 4 is 11.7 Å². The number of aromatic carboxylic acids is 1. The molecule has 1 atom stereocenters. The summed E-state index contributed by atoms with van der Waals surface area (Å²) >= 11 is 0. The molecule has 0 aliphatic carbocycles. The van der Waals surface area contributed by atoms with Gasteiger partial charge in [0.1, 0.15) is 0 Å². The average Bonchev–Trinajstić information content (AvgIpc) is 2.68. The molecule has 0 radical (unpaired) electrons. The lowest BCUT2D eigenvalue weighted by molar-refractivity contribution is -0.137. The van der Waals surface area contributed by atoms with Crippen molar-refractivity contribution in [3.8, 4) is 0 Å². The number of alkyl halides is 3. The maximum atomic E-state index is 12.9. The standard InChI is InChI=1S/C24H38F3NO2/c1-2-3-4-5-6-7-8-9-10-11-12-13-14-22(19-24(25,26)27)28-21-17-15-20(16-18-21)23(29)30/h15-18,22,28H,2-14,19H2,1H3,(H,29,30). The van der Waals surface area contributed by atoms with Crippen LogP contribution in [0.2, 0.25) is 0 Å². The van der Waals surface area contributed by atoms with E-state index >= 15 is 0 Å². The summed E-state index contributed by atoms with van der Waals surface area (Å²) in [6, 6.07) is 5.16. The van der Waals surface area contributed by atoms with Gasteiger partial charge in [-0.15, -0.1) is 0 Å². The van der Waals surface area contributed by atoms with E-state index in [-0.39, 0.29) is 5.56 Å². The van der Waals surface area contributed by atoms with Crippen LogP contribution in [0.5, 0.6) is 0 Å². The Morgan fingerprint density at radius 2 is 1.33 bits per heavy atom. The van der Waals surface area contributed by atoms with Gasteiger partial charge in [0.2, 0.25) is 0 Å². The molecule has 0 fully saturated rings. The minimum absolute atomic E-state index is 0.119. The SMILES string of the molecule is CCCCCCCCCCCCCCC(CC(F)(F)F)Nc1ccc(C(=O)O)cc1. The lowest BCUT2D eigenvalue weighted by Crippen LogP contribution is -2.27. The molecule has 0 spiro atoms. The Balaban J connectivity index is 2.24. The predicted octanol–water partition coefficient (Wildman–Crippen LogP) is 8.21. The zero-order valence-corrected chi connectivity index (χ0v) is 18.3. The first kappa shape index (κ1) is 26.3. The summed E-state index contributed by atoms with van der Waals surface area (Å²) in [6.07, 6.45) is 9.65. The van der Waals surface area contributed by atoms with Crippen LogP contribution in [-0.4, -0.2) is 23.3 Å². The van der Waals surface area contributed by atoms with Crippen LogP contribution in [0.15, 0.2) is 24.3 Å². The van der Waals surface area contributed by atoms with Gasteiger partial charge in [0, 0.05) is 11.7 Å². The number of halogens is 3. The number of anilines is 1. The van der Waals surface area contributed by atoms with E-state index in [4.69, 9.17) is 5.11 Å². The summed E-state index contributed by atoms with van der Waals surface area (Å²) < 4.78 is 38.7. The number of rotatable bonds is 17. The van der Waals surface area contributed by atoms with Gasteiger partial charge >= 0.3 is 12.1 Å². The Labute approximate surface area is 179 Å². The Bertz CT molecular complexity index is 573. The minimum atomic E-state index is -4.23. The number of carboxylic acids is 1. The number of carboxylic acid groups (broad SMARTS) is 1. The van der Waals surface area contributed by atoms with Crippen LogP contribution in [0.3, 0.4) is 0 Å². The smallest absolute Gasteiger partial charge is 0.391 e. The van der Waals surface area contributed by atoms with Gasteiger partial charge < -0.3 is 10.4 Å². The highest BCUT2D eigenvalue weighted by Crippen LogP contribution is 2.26. The zero-order chi connectivity index (χ0) is 22.2. The molecule has 0 amide bonds. The van der Waals surface area contributed by atoms with E-state index in [9.17, 15) is 18.0 Å². The van der Waals surface area contributed by atoms with Gasteiger partial charge in [-0.2, -0.15) is 13.2 Å². The molecule has 0 saturated carbocycles. The second-order valence-corrected chi connectivity index (χ2v) is 8.22. The van der Waals surface area contributed by atoms with Gasteiger partial charge in [-0.3, -0.25) is 0 Å². The molecule has 0 aliphatic rings. The number of nitrogens with one attached hydrogen (secondary N) is 1. The van der Waals surface area contributed by atoms with Crippen LogP contribution in [-0.2, 0) is 0 Å². The highest BCUT2D eigenvalue weighted by molar-refractivity contribution is 5.88. The zero-order valence-electron chi connectivity index (χ0n) is 18.3. The second-order valence-electron chi connectivity index (χ2n) is 8.22. The van der Waals surface area contributed by atoms with E-state index in [1.165, 1.54) is 75.6 Å². The quantitative estimate of drug-likeness (QED) is 0.245. The van der Waals surface area contributed by atoms with Crippen LogP contribution >= 0.6 is 0 Å². The second kappa shape index (κ2) is 15.1. The summed E-state index contributed by atoms with van der Waals surface area (Å²) in [5.74, 6) is -1.05. The van der Waals surface area contributed by atoms with Crippen LogP contribution in [0.4, 0.5) is 18.9 Å². The lowest BCUT2D eigenvalue weighted by Gasteiger charge is -2.21. The number of benzene rings is 1. The Morgan fingerprint density at radius 3 is 1.77 bits per heavy atom. The van der Waals surface area contributed by atoms with Crippen LogP contribution in [0, 0.1) is 0 Å². The third-order valence-electron chi connectivity index (χ3n) is 5.39. The fraction of sp³-hybridized carbons (Fsp3) is 0.708. The van der Waals surface area contributed by atoms with E-state index in [0.29, 0.717) is 12.1 Å². The summed E-state index contributed by atoms with van der Waals surface area (Å²) in [6.45, 7) is 2.22. The molecule has 0 aliphatic heterocycles. The molecular weight excluding hydrogens is 391 g/mol. The summed E-state index contributed by atoms with van der Waals surface area (Å²) in [5, 5.41) is 11.8. The molecule has 172 valence electrons. The normalized spacial score (nSPS) is 12.7. The van der Waals surface area contributed by atoms with E-state index in [1.54, 1.807) is 0 Å². The first-order chi connectivity index (χ1) is 14.3. The van der Waals surface area contributed by atoms with Crippen molar-refractivity contribution in [2.75, 3.05) is 5.32 Å². The predicted molar refractivity (Wildman–Crippen MR) is 117 cm³/mol. The van der Waals surface area contributed by atoms with E-state index in [0.717, 1.165) is 25.7 Å². The highest BCUT2D eigenvalue weighted by atomic mass is 19.4. The molecule has 0 heterocycles. The van der Waals surface area contributed by atoms with Crippen LogP contribution in [0.25, 0.3) is 0 Å². The number of unbranched alkanes of at least 4 members (excludes halogenated alkanes) is 11. The fourth-order valence-electron chi connectivity index (χ4n) is 3.68. The Kier molecular flexibility index (Phi) is 13.3. The van der Waals surface area contributed by atoms with Gasteiger partial charge in [-0.1, -0.05) is 84.0 Å². The molecule has 1 aromatic carbocycles. The van der Waals surface area contributed by atoms with Crippen molar-refractivity contribution in [2.24, 2.45) is 0 Å². The van der Waals surface area contributed by atoms with Crippen molar-refractivity contribution < 1.29 is 23.1 Å². The molecular formula is C24H38F3NO2. The van der Waals surface area contributed by atoms with Gasteiger partial charge in [0.05, 0.1) is 12.0 Å². The first-order valence-electron chi connectivity index (χ1n) is 11.5. The van der Waals surface area contributed by atoms with E-state index < -0.39 is 24.6 Å². The Morgan fingerprint density at radius 1 is 0.867 bits per heavy atom. The molecule has 0 bridgehead atoms. The van der Waals surface area contributed by atoms with Crippen molar-refractivity contribution in [1.82, 2.24) is 0 Å². The third kappa shape index (κ3) is 13.5. The molecule has 1 aromatic rings. The van der Waals surface area contributed by atoms with Crippen molar-refractivity contribution in [3.63, 3.8) is 0 Å². The third-order valence-corrected chi connectivity index (χ3v) is 5.39. The minimum Gasteiger partial charge on any atom is -0.478 e. The molecule has 1 unspecified atom stereocenters. The lowest BCUT2D eigenvalue weighted by atomic mass is 10.0. The van der Waals surface area contributed by atoms with Crippen molar-refractivity contribution in [1.29, 1.82) is 0 Å². The Hall–Kier alpha value is -1.72. The molecule has 0 saturated heterocycles. The average molecular weight is 430 g/mol. The molecule has 3 nitrogen and oxygen atoms in total. The maximum Gasteiger partial charge on any atom is 0.391 e. The van der Waals surface area contributed by atoms with Gasteiger partial charge in [0.25, 0.3) is 0 Å². The molecule has 30 heavy (non-hydrogen) atoms. The van der Waals surface area contributed by atoms with Gasteiger partial charge in [-0.25, -0.2) is 4.79 Å². The molecule has 2 N–H and O–H groups in total. The van der Waals surface area contributed by atoms with Crippen LogP contribution < -0.4 is 5.32 Å². The molecule has 1 rings (SSSR count). The van der Waals surface area contributed by atoms with Crippen molar-refractivity contribution in [2.45, 2.75) is 109 Å². The topological polar surface area (TPSA) is 49.3 Å². The summed E-state index contributed by atoms with van der Waals surface area (Å²) in [5.41, 5.74) is 0.641. The van der Waals surface area contributed by atoms with E-state index in [1.807, 2.05) is 0 Å². The highest BCUT2D eigenvalue weighted by Gasteiger charge is 2.31. The first-order valence-corrected chi connectivity index (χ1v) is 11.5. The van der Waals surface area contributed by atoms with Gasteiger partial charge in [-0.05, 0) is 30.7 Å². The number of hydrogen-bond acceptors (Lipinski definition) is 2. The number of carbonyl (C=O) groups is 1. The summed E-state index contributed by atoms with van der Waals surface area (Å²) in [4.78, 5) is 10.9. The number of hydrogen-bond donors (Lipinski definition) is 2. The molecule has 0 aromatic heterocycles. The fourth-order valence-corrected chi connectivity index (χ4v) is 3.68. The summed E-state index contributed by atoms with van der Waals surface area (Å²) in [7, 11) is 0. The van der Waals surface area contributed by atoms with Crippen molar-refractivity contribution in [3.05, 3.63) is 29.8 Å². The van der Waals surface area contributed by atoms with Crippen LogP contribution in [0.1, 0.15) is 107 Å². The monoisotopic (exact) mass is 429 g/mol. The molecule has 6 heteroatoms. The maximum absolute atomic E-state index is 12.9. The van der Waals surface area contributed by atoms with E-state index in [2.05, 4.69) is 12.2 Å².